The number of carbonyl (C=O) groups is 2. The molecule has 0 fully saturated rings. The molecule has 3 N–H and O–H groups in total. The van der Waals surface area contributed by atoms with E-state index in [-0.39, 0.29) is 22.9 Å². The number of benzene rings is 3. The fraction of sp³-hybridized carbons (Fsp3) is 0.0741. The Morgan fingerprint density at radius 1 is 1.08 bits per heavy atom. The summed E-state index contributed by atoms with van der Waals surface area (Å²) in [6.45, 7) is 2.39. The number of hydrogen-bond donors (Lipinski definition) is 3. The molecular formula is C27H20ClN3O5. The topological polar surface area (TPSA) is 117 Å². The van der Waals surface area contributed by atoms with Gasteiger partial charge < -0.3 is 19.6 Å². The van der Waals surface area contributed by atoms with E-state index in [9.17, 15) is 14.7 Å². The molecule has 0 bridgehead atoms. The van der Waals surface area contributed by atoms with Crippen molar-refractivity contribution in [3.63, 3.8) is 0 Å². The van der Waals surface area contributed by atoms with Gasteiger partial charge >= 0.3 is 0 Å². The Labute approximate surface area is 210 Å². The van der Waals surface area contributed by atoms with E-state index in [4.69, 9.17) is 20.8 Å². The number of ether oxygens (including phenoxy) is 1. The number of carbonyl (C=O) groups excluding carboxylic acids is 2. The fourth-order valence-corrected chi connectivity index (χ4v) is 3.97. The Hall–Kier alpha value is -4.56. The van der Waals surface area contributed by atoms with Crippen LogP contribution in [0.5, 0.6) is 11.5 Å². The molecule has 3 aromatic carbocycles. The molecule has 2 heterocycles. The van der Waals surface area contributed by atoms with Crippen molar-refractivity contribution in [2.24, 2.45) is 0 Å². The van der Waals surface area contributed by atoms with E-state index in [0.29, 0.717) is 45.2 Å². The summed E-state index contributed by atoms with van der Waals surface area (Å²) < 4.78 is 11.3. The zero-order valence-electron chi connectivity index (χ0n) is 19.0. The molecule has 0 atom stereocenters. The molecule has 0 saturated carbocycles. The number of furan rings is 1. The van der Waals surface area contributed by atoms with Crippen LogP contribution in [0.3, 0.4) is 0 Å². The van der Waals surface area contributed by atoms with Gasteiger partial charge in [-0.25, -0.2) is 0 Å². The molecule has 0 aliphatic heterocycles. The molecule has 1 amide bonds. The number of para-hydroxylation sites is 1. The number of rotatable bonds is 7. The average Bonchev–Trinajstić information content (AvgIpc) is 3.52. The molecule has 0 radical (unpaired) electrons. The number of aromatic nitrogens is 2. The summed E-state index contributed by atoms with van der Waals surface area (Å²) >= 11 is 6.03. The Morgan fingerprint density at radius 3 is 2.64 bits per heavy atom. The van der Waals surface area contributed by atoms with E-state index in [0.717, 1.165) is 0 Å². The van der Waals surface area contributed by atoms with Crippen LogP contribution in [0.1, 0.15) is 33.5 Å². The summed E-state index contributed by atoms with van der Waals surface area (Å²) in [6.07, 6.45) is 0. The molecule has 0 spiro atoms. The van der Waals surface area contributed by atoms with Gasteiger partial charge in [-0.15, -0.1) is 0 Å². The highest BCUT2D eigenvalue weighted by Crippen LogP contribution is 2.34. The molecule has 36 heavy (non-hydrogen) atoms. The third-order valence-electron chi connectivity index (χ3n) is 5.52. The zero-order valence-corrected chi connectivity index (χ0v) is 19.8. The number of phenols is 1. The van der Waals surface area contributed by atoms with Crippen LogP contribution in [0, 0.1) is 0 Å². The standard InChI is InChI=1S/C27H20ClN3O5/c1-2-35-17-10-7-15(8-11-17)25(33)26-24(18-5-3-4-6-23(18)36-26)29-27(34)21-14-20(30-31-21)19-13-16(28)9-12-22(19)32/h3-14,32H,2H2,1H3,(H,29,34)(H,30,31). The maximum absolute atomic E-state index is 13.3. The van der Waals surface area contributed by atoms with Crippen molar-refractivity contribution >= 4 is 39.9 Å². The number of ketones is 1. The number of amides is 1. The van der Waals surface area contributed by atoms with Gasteiger partial charge in [0, 0.05) is 21.5 Å². The molecule has 0 unspecified atom stereocenters. The lowest BCUT2D eigenvalue weighted by molar-refractivity contribution is 0.101. The Kier molecular flexibility index (Phi) is 6.18. The summed E-state index contributed by atoms with van der Waals surface area (Å²) in [7, 11) is 0. The van der Waals surface area contributed by atoms with E-state index in [1.54, 1.807) is 60.7 Å². The van der Waals surface area contributed by atoms with E-state index >= 15 is 0 Å². The van der Waals surface area contributed by atoms with Crippen molar-refractivity contribution in [2.45, 2.75) is 6.92 Å². The van der Waals surface area contributed by atoms with E-state index in [1.165, 1.54) is 12.1 Å². The second kappa shape index (κ2) is 9.59. The summed E-state index contributed by atoms with van der Waals surface area (Å²) in [5.74, 6) is -0.308. The fourth-order valence-electron chi connectivity index (χ4n) is 3.80. The van der Waals surface area contributed by atoms with Gasteiger partial charge in [-0.1, -0.05) is 23.7 Å². The Morgan fingerprint density at radius 2 is 1.86 bits per heavy atom. The lowest BCUT2D eigenvalue weighted by Gasteiger charge is -2.06. The molecule has 180 valence electrons. The first kappa shape index (κ1) is 23.2. The third kappa shape index (κ3) is 4.42. The van der Waals surface area contributed by atoms with E-state index in [1.807, 2.05) is 6.92 Å². The molecule has 5 aromatic rings. The predicted molar refractivity (Wildman–Crippen MR) is 136 cm³/mol. The summed E-state index contributed by atoms with van der Waals surface area (Å²) in [5.41, 5.74) is 1.91. The lowest BCUT2D eigenvalue weighted by Crippen LogP contribution is -2.14. The predicted octanol–water partition coefficient (Wildman–Crippen LogP) is 6.06. The van der Waals surface area contributed by atoms with Crippen LogP contribution >= 0.6 is 11.6 Å². The van der Waals surface area contributed by atoms with Crippen molar-refractivity contribution in [2.75, 3.05) is 11.9 Å². The second-order valence-corrected chi connectivity index (χ2v) is 8.31. The molecule has 0 aliphatic carbocycles. The number of halogens is 1. The number of aromatic amines is 1. The van der Waals surface area contributed by atoms with Crippen molar-refractivity contribution in [3.05, 3.63) is 94.8 Å². The molecule has 0 saturated heterocycles. The van der Waals surface area contributed by atoms with E-state index < -0.39 is 11.7 Å². The molecule has 5 rings (SSSR count). The highest BCUT2D eigenvalue weighted by atomic mass is 35.5. The molecule has 9 heteroatoms. The number of nitrogens with zero attached hydrogens (tertiary/aromatic N) is 1. The van der Waals surface area contributed by atoms with Crippen LogP contribution in [-0.4, -0.2) is 33.6 Å². The maximum atomic E-state index is 13.3. The average molecular weight is 502 g/mol. The van der Waals surface area contributed by atoms with Gasteiger partial charge in [-0.2, -0.15) is 5.10 Å². The summed E-state index contributed by atoms with van der Waals surface area (Å²) in [5, 5.41) is 20.7. The van der Waals surface area contributed by atoms with Crippen molar-refractivity contribution in [1.29, 1.82) is 0 Å². The number of H-pyrrole nitrogens is 1. The number of nitrogens with one attached hydrogen (secondary N) is 2. The minimum Gasteiger partial charge on any atom is -0.507 e. The normalized spacial score (nSPS) is 10.9. The largest absolute Gasteiger partial charge is 0.507 e. The van der Waals surface area contributed by atoms with Crippen LogP contribution in [0.4, 0.5) is 5.69 Å². The molecule has 2 aromatic heterocycles. The van der Waals surface area contributed by atoms with Crippen molar-refractivity contribution in [3.8, 4) is 22.8 Å². The number of anilines is 1. The maximum Gasteiger partial charge on any atom is 0.273 e. The van der Waals surface area contributed by atoms with Gasteiger partial charge in [-0.05, 0) is 67.6 Å². The van der Waals surface area contributed by atoms with Crippen molar-refractivity contribution < 1.29 is 23.8 Å². The first-order chi connectivity index (χ1) is 17.4. The van der Waals surface area contributed by atoms with Gasteiger partial charge in [0.15, 0.2) is 5.76 Å². The monoisotopic (exact) mass is 501 g/mol. The SMILES string of the molecule is CCOc1ccc(C(=O)c2oc3ccccc3c2NC(=O)c2cc(-c3cc(Cl)ccc3O)n[nH]2)cc1. The van der Waals surface area contributed by atoms with Gasteiger partial charge in [0.05, 0.1) is 18.0 Å². The molecular weight excluding hydrogens is 482 g/mol. The van der Waals surface area contributed by atoms with Gasteiger partial charge in [0.25, 0.3) is 5.91 Å². The smallest absolute Gasteiger partial charge is 0.273 e. The van der Waals surface area contributed by atoms with E-state index in [2.05, 4.69) is 15.5 Å². The molecule has 0 aliphatic rings. The molecule has 8 nitrogen and oxygen atoms in total. The van der Waals surface area contributed by atoms with Gasteiger partial charge in [-0.3, -0.25) is 14.7 Å². The first-order valence-electron chi connectivity index (χ1n) is 11.1. The third-order valence-corrected chi connectivity index (χ3v) is 5.76. The minimum atomic E-state index is -0.539. The quantitative estimate of drug-likeness (QED) is 0.233. The van der Waals surface area contributed by atoms with Gasteiger partial charge in [0.1, 0.15) is 22.8 Å². The number of fused-ring (bicyclic) bond motifs is 1. The number of phenolic OH excluding ortho intramolecular Hbond substituents is 1. The van der Waals surface area contributed by atoms with Crippen LogP contribution < -0.4 is 10.1 Å². The second-order valence-electron chi connectivity index (χ2n) is 7.87. The van der Waals surface area contributed by atoms with Crippen LogP contribution in [0.25, 0.3) is 22.2 Å². The highest BCUT2D eigenvalue weighted by molar-refractivity contribution is 6.31. The summed E-state index contributed by atoms with van der Waals surface area (Å²) in [6, 6.07) is 19.8. The highest BCUT2D eigenvalue weighted by Gasteiger charge is 2.24. The van der Waals surface area contributed by atoms with Crippen molar-refractivity contribution in [1.82, 2.24) is 10.2 Å². The number of aromatic hydroxyl groups is 1. The summed E-state index contributed by atoms with van der Waals surface area (Å²) in [4.78, 5) is 26.5. The first-order valence-corrected chi connectivity index (χ1v) is 11.5. The van der Waals surface area contributed by atoms with Crippen LogP contribution in [0.15, 0.2) is 77.2 Å². The Bertz CT molecular complexity index is 1590. The zero-order chi connectivity index (χ0) is 25.2. The number of hydrogen-bond acceptors (Lipinski definition) is 6. The lowest BCUT2D eigenvalue weighted by atomic mass is 10.1. The van der Waals surface area contributed by atoms with Gasteiger partial charge in [0.2, 0.25) is 5.78 Å². The minimum absolute atomic E-state index is 0.000865. The Balaban J connectivity index is 1.47. The van der Waals surface area contributed by atoms with Crippen LogP contribution in [-0.2, 0) is 0 Å². The van der Waals surface area contributed by atoms with Crippen LogP contribution in [0.2, 0.25) is 5.02 Å².